The predicted molar refractivity (Wildman–Crippen MR) is 67.0 cm³/mol. The molecule has 0 heterocycles. The number of benzene rings is 1. The van der Waals surface area contributed by atoms with Gasteiger partial charge in [-0.25, -0.2) is 0 Å². The van der Waals surface area contributed by atoms with Crippen molar-refractivity contribution < 1.29 is 24.9 Å². The molecule has 18 heavy (non-hydrogen) atoms. The lowest BCUT2D eigenvalue weighted by molar-refractivity contribution is 0.0450. The maximum Gasteiger partial charge on any atom is 0.252 e. The van der Waals surface area contributed by atoms with E-state index in [0.29, 0.717) is 0 Å². The number of hydrogen-bond acceptors (Lipinski definition) is 5. The Morgan fingerprint density at radius 3 is 1.67 bits per heavy atom. The summed E-state index contributed by atoms with van der Waals surface area (Å²) in [6.45, 7) is -0.729. The average molecular weight is 295 g/mol. The zero-order valence-electron chi connectivity index (χ0n) is 9.22. The van der Waals surface area contributed by atoms with Crippen LogP contribution in [-0.4, -0.2) is 45.1 Å². The van der Waals surface area contributed by atoms with Crippen LogP contribution in [0.5, 0.6) is 0 Å². The number of carbonyl (C=O) groups excluding carboxylic acids is 2. The first-order valence-corrected chi connectivity index (χ1v) is 5.57. The minimum absolute atomic E-state index is 0.267. The highest BCUT2D eigenvalue weighted by Crippen LogP contribution is 2.09. The van der Waals surface area contributed by atoms with Gasteiger partial charge < -0.3 is 15.3 Å². The smallest absolute Gasteiger partial charge is 0.252 e. The molecule has 3 N–H and O–H groups in total. The molecule has 0 saturated heterocycles. The van der Waals surface area contributed by atoms with Gasteiger partial charge in [-0.05, 0) is 29.3 Å². The molecule has 1 rings (SSSR count). The first-order valence-electron chi connectivity index (χ1n) is 4.81. The monoisotopic (exact) mass is 294 g/mol. The van der Waals surface area contributed by atoms with E-state index in [9.17, 15) is 9.59 Å². The van der Waals surface area contributed by atoms with Gasteiger partial charge in [0.2, 0.25) is 0 Å². The fraction of sp³-hybridized carbons (Fsp3) is 0.273. The number of carbonyl (C=O) groups is 2. The van der Waals surface area contributed by atoms with Crippen molar-refractivity contribution in [3.63, 3.8) is 0 Å². The molecule has 100 valence electrons. The molecular formula is C11H12Cl2O5. The van der Waals surface area contributed by atoms with Crippen molar-refractivity contribution in [2.24, 2.45) is 0 Å². The second-order valence-electron chi connectivity index (χ2n) is 3.15. The van der Waals surface area contributed by atoms with Crippen LogP contribution >= 0.6 is 23.2 Å². The van der Waals surface area contributed by atoms with Gasteiger partial charge in [-0.3, -0.25) is 9.59 Å². The Hall–Kier alpha value is -0.980. The van der Waals surface area contributed by atoms with Crippen LogP contribution in [0.15, 0.2) is 24.3 Å². The van der Waals surface area contributed by atoms with Crippen molar-refractivity contribution in [3.8, 4) is 0 Å². The van der Waals surface area contributed by atoms with E-state index in [1.54, 1.807) is 6.07 Å². The lowest BCUT2D eigenvalue weighted by Crippen LogP contribution is -2.15. The van der Waals surface area contributed by atoms with Gasteiger partial charge in [0.1, 0.15) is 6.10 Å². The van der Waals surface area contributed by atoms with Crippen LogP contribution in [0.3, 0.4) is 0 Å². The Balaban J connectivity index is 0.000000411. The van der Waals surface area contributed by atoms with E-state index >= 15 is 0 Å². The fourth-order valence-electron chi connectivity index (χ4n) is 0.821. The zero-order chi connectivity index (χ0) is 14.1. The number of rotatable bonds is 4. The predicted octanol–water partition coefficient (Wildman–Crippen LogP) is 0.776. The summed E-state index contributed by atoms with van der Waals surface area (Å²) in [7, 11) is 0. The standard InChI is InChI=1S/C8H4Cl2O2.C3H8O3/c9-7(11)5-2-1-3-6(4-5)8(10)12;4-1-3(6)2-5/h1-4H;3-6H,1-2H2. The topological polar surface area (TPSA) is 94.8 Å². The molecule has 0 amide bonds. The van der Waals surface area contributed by atoms with Crippen LogP contribution in [0.2, 0.25) is 0 Å². The molecule has 0 saturated carbocycles. The molecule has 0 atom stereocenters. The summed E-state index contributed by atoms with van der Waals surface area (Å²) in [4.78, 5) is 21.3. The maximum absolute atomic E-state index is 10.6. The van der Waals surface area contributed by atoms with Crippen LogP contribution in [-0.2, 0) is 0 Å². The van der Waals surface area contributed by atoms with E-state index in [1.165, 1.54) is 18.2 Å². The van der Waals surface area contributed by atoms with E-state index in [-0.39, 0.29) is 24.3 Å². The summed E-state index contributed by atoms with van der Waals surface area (Å²) in [6.07, 6.45) is -0.954. The number of aliphatic hydroxyl groups excluding tert-OH is 3. The van der Waals surface area contributed by atoms with Crippen LogP contribution in [0.4, 0.5) is 0 Å². The minimum Gasteiger partial charge on any atom is -0.394 e. The number of aliphatic hydroxyl groups is 3. The van der Waals surface area contributed by atoms with E-state index in [1.807, 2.05) is 0 Å². The summed E-state index contributed by atoms with van der Waals surface area (Å²) >= 11 is 10.4. The molecule has 0 aliphatic carbocycles. The van der Waals surface area contributed by atoms with Crippen LogP contribution in [0.25, 0.3) is 0 Å². The Morgan fingerprint density at radius 1 is 1.06 bits per heavy atom. The largest absolute Gasteiger partial charge is 0.394 e. The SMILES string of the molecule is O=C(Cl)c1cccc(C(=O)Cl)c1.OCC(O)CO. The van der Waals surface area contributed by atoms with Gasteiger partial charge in [-0.15, -0.1) is 0 Å². The highest BCUT2D eigenvalue weighted by molar-refractivity contribution is 6.69. The third kappa shape index (κ3) is 6.68. The van der Waals surface area contributed by atoms with Gasteiger partial charge in [0.25, 0.3) is 10.5 Å². The molecule has 0 unspecified atom stereocenters. The van der Waals surface area contributed by atoms with Crippen LogP contribution in [0.1, 0.15) is 20.7 Å². The maximum atomic E-state index is 10.6. The molecule has 7 heteroatoms. The Bertz CT molecular complexity index is 375. The number of hydrogen-bond donors (Lipinski definition) is 3. The van der Waals surface area contributed by atoms with Gasteiger partial charge in [-0.2, -0.15) is 0 Å². The minimum atomic E-state index is -0.954. The molecule has 5 nitrogen and oxygen atoms in total. The fourth-order valence-corrected chi connectivity index (χ4v) is 1.06. The molecule has 0 fully saturated rings. The molecule has 1 aromatic carbocycles. The van der Waals surface area contributed by atoms with Crippen molar-refractivity contribution in [2.75, 3.05) is 13.2 Å². The lowest BCUT2D eigenvalue weighted by atomic mass is 10.1. The van der Waals surface area contributed by atoms with Gasteiger partial charge >= 0.3 is 0 Å². The zero-order valence-corrected chi connectivity index (χ0v) is 10.7. The Morgan fingerprint density at radius 2 is 1.44 bits per heavy atom. The Kier molecular flexibility index (Phi) is 8.53. The average Bonchev–Trinajstić information content (AvgIpc) is 2.38. The molecule has 0 bridgehead atoms. The second-order valence-corrected chi connectivity index (χ2v) is 3.83. The van der Waals surface area contributed by atoms with E-state index in [2.05, 4.69) is 0 Å². The lowest BCUT2D eigenvalue weighted by Gasteiger charge is -1.96. The van der Waals surface area contributed by atoms with Gasteiger partial charge in [-0.1, -0.05) is 18.2 Å². The van der Waals surface area contributed by atoms with Gasteiger partial charge in [0, 0.05) is 11.1 Å². The van der Waals surface area contributed by atoms with Gasteiger partial charge in [0.05, 0.1) is 13.2 Å². The van der Waals surface area contributed by atoms with Crippen molar-refractivity contribution in [2.45, 2.75) is 6.10 Å². The molecule has 0 radical (unpaired) electrons. The van der Waals surface area contributed by atoms with Crippen molar-refractivity contribution in [1.29, 1.82) is 0 Å². The molecular weight excluding hydrogens is 283 g/mol. The molecule has 0 aliphatic rings. The van der Waals surface area contributed by atoms with E-state index in [0.717, 1.165) is 0 Å². The van der Waals surface area contributed by atoms with E-state index < -0.39 is 16.6 Å². The van der Waals surface area contributed by atoms with Crippen molar-refractivity contribution >= 4 is 33.7 Å². The Labute approximate surface area is 114 Å². The summed E-state index contributed by atoms with van der Waals surface area (Å²) < 4.78 is 0. The normalized spacial score (nSPS) is 9.67. The van der Waals surface area contributed by atoms with Gasteiger partial charge in [0.15, 0.2) is 0 Å². The summed E-state index contributed by atoms with van der Waals surface area (Å²) in [5.41, 5.74) is 0.534. The van der Waals surface area contributed by atoms with Crippen molar-refractivity contribution in [1.82, 2.24) is 0 Å². The molecule has 0 spiro atoms. The quantitative estimate of drug-likeness (QED) is 0.713. The number of halogens is 2. The first kappa shape index (κ1) is 17.0. The second kappa shape index (κ2) is 9.02. The summed E-state index contributed by atoms with van der Waals surface area (Å²) in [5.74, 6) is 0. The third-order valence-electron chi connectivity index (χ3n) is 1.74. The van der Waals surface area contributed by atoms with Crippen LogP contribution in [0, 0.1) is 0 Å². The highest BCUT2D eigenvalue weighted by Gasteiger charge is 2.05. The molecule has 0 aliphatic heterocycles. The van der Waals surface area contributed by atoms with Crippen LogP contribution < -0.4 is 0 Å². The first-order chi connectivity index (χ1) is 8.42. The third-order valence-corrected chi connectivity index (χ3v) is 2.17. The van der Waals surface area contributed by atoms with Crippen molar-refractivity contribution in [3.05, 3.63) is 35.4 Å². The summed E-state index contributed by atoms with van der Waals surface area (Å²) in [5, 5.41) is 22.8. The molecule has 1 aromatic rings. The van der Waals surface area contributed by atoms with E-state index in [4.69, 9.17) is 38.5 Å². The molecule has 0 aromatic heterocycles. The summed E-state index contributed by atoms with van der Waals surface area (Å²) in [6, 6.07) is 5.92. The highest BCUT2D eigenvalue weighted by atomic mass is 35.5.